The fourth-order valence-electron chi connectivity index (χ4n) is 2.99. The highest BCUT2D eigenvalue weighted by Gasteiger charge is 2.34. The first kappa shape index (κ1) is 15.8. The van der Waals surface area contributed by atoms with Crippen LogP contribution in [0.25, 0.3) is 5.69 Å². The lowest BCUT2D eigenvalue weighted by Gasteiger charge is -2.26. The zero-order valence-corrected chi connectivity index (χ0v) is 14.3. The molecule has 0 saturated carbocycles. The molecule has 3 heterocycles. The van der Waals surface area contributed by atoms with Crippen LogP contribution in [0.1, 0.15) is 17.8 Å². The van der Waals surface area contributed by atoms with E-state index in [1.807, 2.05) is 42.7 Å². The molecule has 1 amide bonds. The first-order valence-corrected chi connectivity index (χ1v) is 8.47. The molecular weight excluding hydrogens is 318 g/mol. The summed E-state index contributed by atoms with van der Waals surface area (Å²) >= 11 is 0. The van der Waals surface area contributed by atoms with Crippen LogP contribution in [0.5, 0.6) is 0 Å². The molecule has 0 aliphatic carbocycles. The summed E-state index contributed by atoms with van der Waals surface area (Å²) in [6.45, 7) is 5.86. The van der Waals surface area contributed by atoms with E-state index in [-0.39, 0.29) is 5.91 Å². The molecule has 7 nitrogen and oxygen atoms in total. The molecule has 7 heteroatoms. The van der Waals surface area contributed by atoms with Gasteiger partial charge in [-0.3, -0.25) is 4.79 Å². The number of benzene rings is 1. The summed E-state index contributed by atoms with van der Waals surface area (Å²) in [4.78, 5) is 22.0. The SMILES string of the molecule is Cc1ncn(-c2ccc(NC(=O)C3CC(C4CNC4)=NO3)cc2)c1C. The minimum atomic E-state index is -0.534. The fourth-order valence-corrected chi connectivity index (χ4v) is 2.99. The Morgan fingerprint density at radius 3 is 2.64 bits per heavy atom. The Morgan fingerprint density at radius 2 is 2.04 bits per heavy atom. The molecule has 1 atom stereocenters. The molecule has 25 heavy (non-hydrogen) atoms. The summed E-state index contributed by atoms with van der Waals surface area (Å²) in [5, 5.41) is 10.2. The molecular formula is C18H21N5O2. The van der Waals surface area contributed by atoms with E-state index in [0.29, 0.717) is 12.3 Å². The number of anilines is 1. The largest absolute Gasteiger partial charge is 0.382 e. The molecule has 4 rings (SSSR count). The van der Waals surface area contributed by atoms with Crippen LogP contribution in [0.2, 0.25) is 0 Å². The van der Waals surface area contributed by atoms with Crippen LogP contribution in [-0.4, -0.2) is 40.4 Å². The second-order valence-corrected chi connectivity index (χ2v) is 6.56. The van der Waals surface area contributed by atoms with E-state index in [1.165, 1.54) is 0 Å². The number of hydrogen-bond acceptors (Lipinski definition) is 5. The molecule has 0 bridgehead atoms. The van der Waals surface area contributed by atoms with Crippen LogP contribution in [0.4, 0.5) is 5.69 Å². The Kier molecular flexibility index (Phi) is 4.01. The average molecular weight is 339 g/mol. The third-order valence-corrected chi connectivity index (χ3v) is 4.90. The Bertz CT molecular complexity index is 820. The quantitative estimate of drug-likeness (QED) is 0.890. The lowest BCUT2D eigenvalue weighted by Crippen LogP contribution is -2.46. The van der Waals surface area contributed by atoms with Crippen molar-refractivity contribution in [1.82, 2.24) is 14.9 Å². The van der Waals surface area contributed by atoms with Gasteiger partial charge in [0.25, 0.3) is 5.91 Å². The van der Waals surface area contributed by atoms with Crippen LogP contribution < -0.4 is 10.6 Å². The smallest absolute Gasteiger partial charge is 0.268 e. The highest BCUT2D eigenvalue weighted by atomic mass is 16.6. The number of oxime groups is 1. The maximum Gasteiger partial charge on any atom is 0.268 e. The van der Waals surface area contributed by atoms with Crippen molar-refractivity contribution in [2.45, 2.75) is 26.4 Å². The van der Waals surface area contributed by atoms with Crippen molar-refractivity contribution in [2.24, 2.45) is 11.1 Å². The first-order valence-electron chi connectivity index (χ1n) is 8.47. The number of rotatable bonds is 4. The second-order valence-electron chi connectivity index (χ2n) is 6.56. The number of amides is 1. The summed E-state index contributed by atoms with van der Waals surface area (Å²) < 4.78 is 2.02. The maximum atomic E-state index is 12.4. The molecule has 1 aromatic heterocycles. The van der Waals surface area contributed by atoms with Crippen LogP contribution in [0.3, 0.4) is 0 Å². The Balaban J connectivity index is 1.38. The van der Waals surface area contributed by atoms with E-state index in [0.717, 1.165) is 41.6 Å². The lowest BCUT2D eigenvalue weighted by molar-refractivity contribution is -0.125. The molecule has 1 fully saturated rings. The van der Waals surface area contributed by atoms with Gasteiger partial charge in [0.05, 0.1) is 17.7 Å². The van der Waals surface area contributed by atoms with Crippen molar-refractivity contribution in [3.63, 3.8) is 0 Å². The summed E-state index contributed by atoms with van der Waals surface area (Å²) in [6.07, 6.45) is 1.84. The molecule has 1 saturated heterocycles. The van der Waals surface area contributed by atoms with Gasteiger partial charge in [0.1, 0.15) is 0 Å². The van der Waals surface area contributed by atoms with Gasteiger partial charge in [-0.25, -0.2) is 4.98 Å². The van der Waals surface area contributed by atoms with Crippen LogP contribution in [0.15, 0.2) is 35.7 Å². The topological polar surface area (TPSA) is 80.5 Å². The van der Waals surface area contributed by atoms with Crippen molar-refractivity contribution in [2.75, 3.05) is 18.4 Å². The van der Waals surface area contributed by atoms with E-state index in [9.17, 15) is 4.79 Å². The second kappa shape index (κ2) is 6.33. The summed E-state index contributed by atoms with van der Waals surface area (Å²) in [7, 11) is 0. The normalized spacial score (nSPS) is 19.9. The van der Waals surface area contributed by atoms with Crippen molar-refractivity contribution >= 4 is 17.3 Å². The van der Waals surface area contributed by atoms with E-state index >= 15 is 0 Å². The predicted molar refractivity (Wildman–Crippen MR) is 95.0 cm³/mol. The van der Waals surface area contributed by atoms with Crippen LogP contribution in [0, 0.1) is 19.8 Å². The van der Waals surface area contributed by atoms with Gasteiger partial charge in [0.15, 0.2) is 0 Å². The zero-order chi connectivity index (χ0) is 17.4. The molecule has 2 aromatic rings. The van der Waals surface area contributed by atoms with Gasteiger partial charge in [-0.15, -0.1) is 0 Å². The Labute approximate surface area is 146 Å². The van der Waals surface area contributed by atoms with Crippen LogP contribution in [-0.2, 0) is 9.63 Å². The van der Waals surface area contributed by atoms with Crippen molar-refractivity contribution in [3.8, 4) is 5.69 Å². The minimum Gasteiger partial charge on any atom is -0.382 e. The van der Waals surface area contributed by atoms with Gasteiger partial charge >= 0.3 is 0 Å². The van der Waals surface area contributed by atoms with Gasteiger partial charge in [0.2, 0.25) is 6.10 Å². The van der Waals surface area contributed by atoms with Gasteiger partial charge < -0.3 is 20.0 Å². The molecule has 0 spiro atoms. The van der Waals surface area contributed by atoms with Gasteiger partial charge in [0, 0.05) is 42.5 Å². The molecule has 2 aliphatic heterocycles. The number of nitrogens with one attached hydrogen (secondary N) is 2. The van der Waals surface area contributed by atoms with E-state index in [4.69, 9.17) is 4.84 Å². The average Bonchev–Trinajstić information content (AvgIpc) is 3.15. The lowest BCUT2D eigenvalue weighted by atomic mass is 9.93. The Morgan fingerprint density at radius 1 is 1.28 bits per heavy atom. The first-order chi connectivity index (χ1) is 12.1. The van der Waals surface area contributed by atoms with E-state index in [2.05, 4.69) is 20.8 Å². The third kappa shape index (κ3) is 3.02. The third-order valence-electron chi connectivity index (χ3n) is 4.90. The highest BCUT2D eigenvalue weighted by molar-refractivity contribution is 6.00. The molecule has 0 radical (unpaired) electrons. The maximum absolute atomic E-state index is 12.4. The van der Waals surface area contributed by atoms with E-state index in [1.54, 1.807) is 6.33 Å². The van der Waals surface area contributed by atoms with Gasteiger partial charge in [-0.1, -0.05) is 5.16 Å². The van der Waals surface area contributed by atoms with E-state index < -0.39 is 6.10 Å². The van der Waals surface area contributed by atoms with Crippen LogP contribution >= 0.6 is 0 Å². The van der Waals surface area contributed by atoms with Crippen molar-refractivity contribution in [1.29, 1.82) is 0 Å². The highest BCUT2D eigenvalue weighted by Crippen LogP contribution is 2.21. The monoisotopic (exact) mass is 339 g/mol. The molecule has 2 N–H and O–H groups in total. The van der Waals surface area contributed by atoms with Gasteiger partial charge in [-0.05, 0) is 38.1 Å². The van der Waals surface area contributed by atoms with Gasteiger partial charge in [-0.2, -0.15) is 0 Å². The molecule has 130 valence electrons. The number of aromatic nitrogens is 2. The molecule has 1 aromatic carbocycles. The summed E-state index contributed by atoms with van der Waals surface area (Å²) in [5.74, 6) is 0.257. The fraction of sp³-hybridized carbons (Fsp3) is 0.389. The number of nitrogens with zero attached hydrogens (tertiary/aromatic N) is 3. The minimum absolute atomic E-state index is 0.159. The number of carbonyl (C=O) groups excluding carboxylic acids is 1. The zero-order valence-electron chi connectivity index (χ0n) is 14.3. The number of imidazole rings is 1. The number of hydrogen-bond donors (Lipinski definition) is 2. The Hall–Kier alpha value is -2.67. The molecule has 1 unspecified atom stereocenters. The van der Waals surface area contributed by atoms with Crippen molar-refractivity contribution in [3.05, 3.63) is 42.0 Å². The predicted octanol–water partition coefficient (Wildman–Crippen LogP) is 1.79. The summed E-state index contributed by atoms with van der Waals surface area (Å²) in [5.41, 5.74) is 4.85. The summed E-state index contributed by atoms with van der Waals surface area (Å²) in [6, 6.07) is 7.69. The molecule has 2 aliphatic rings. The number of aryl methyl sites for hydroxylation is 1. The van der Waals surface area contributed by atoms with Crippen molar-refractivity contribution < 1.29 is 9.63 Å². The standard InChI is InChI=1S/C18H21N5O2/c1-11-12(2)23(10-20-11)15-5-3-14(4-6-15)21-18(24)17-7-16(22-25-17)13-8-19-9-13/h3-6,10,13,17,19H,7-9H2,1-2H3,(H,21,24). The number of carbonyl (C=O) groups is 1.